The average molecular weight is 299 g/mol. The second kappa shape index (κ2) is 7.89. The van der Waals surface area contributed by atoms with Crippen LogP contribution in [-0.4, -0.2) is 18.7 Å². The molecule has 0 radical (unpaired) electrons. The normalized spacial score (nSPS) is 10.4. The van der Waals surface area contributed by atoms with Crippen molar-refractivity contribution in [2.24, 2.45) is 0 Å². The number of carbonyl (C=O) groups excluding carboxylic acids is 1. The van der Waals surface area contributed by atoms with Crippen molar-refractivity contribution in [1.82, 2.24) is 5.32 Å². The largest absolute Gasteiger partial charge is 0.352 e. The third kappa shape index (κ3) is 4.94. The quantitative estimate of drug-likeness (QED) is 0.643. The molecule has 2 rings (SSSR count). The van der Waals surface area contributed by atoms with E-state index >= 15 is 0 Å². The first-order valence-corrected chi connectivity index (χ1v) is 8.39. The van der Waals surface area contributed by atoms with Crippen molar-refractivity contribution in [1.29, 1.82) is 0 Å². The maximum absolute atomic E-state index is 12.0. The van der Waals surface area contributed by atoms with Gasteiger partial charge in [0.2, 0.25) is 0 Å². The zero-order chi connectivity index (χ0) is 15.1. The molecule has 0 fully saturated rings. The van der Waals surface area contributed by atoms with Crippen LogP contribution in [0.25, 0.3) is 0 Å². The fraction of sp³-hybridized carbons (Fsp3) is 0.278. The highest BCUT2D eigenvalue weighted by molar-refractivity contribution is 7.98. The highest BCUT2D eigenvalue weighted by Gasteiger charge is 2.03. The zero-order valence-corrected chi connectivity index (χ0v) is 13.4. The smallest absolute Gasteiger partial charge is 0.251 e. The van der Waals surface area contributed by atoms with Crippen molar-refractivity contribution in [2.75, 3.05) is 12.8 Å². The first kappa shape index (κ1) is 15.6. The molecule has 0 heterocycles. The number of hydrogen-bond acceptors (Lipinski definition) is 2. The van der Waals surface area contributed by atoms with E-state index in [0.717, 1.165) is 18.4 Å². The third-order valence-corrected chi connectivity index (χ3v) is 4.10. The summed E-state index contributed by atoms with van der Waals surface area (Å²) in [5.41, 5.74) is 3.22. The number of carbonyl (C=O) groups is 1. The Kier molecular flexibility index (Phi) is 5.88. The van der Waals surface area contributed by atoms with Crippen LogP contribution in [0, 0.1) is 6.92 Å². The van der Waals surface area contributed by atoms with E-state index in [9.17, 15) is 4.79 Å². The molecule has 1 N–H and O–H groups in total. The molecule has 0 saturated heterocycles. The van der Waals surface area contributed by atoms with E-state index in [-0.39, 0.29) is 5.91 Å². The predicted octanol–water partition coefficient (Wildman–Crippen LogP) is 4.08. The van der Waals surface area contributed by atoms with Crippen LogP contribution in [0.3, 0.4) is 0 Å². The molecule has 3 heteroatoms. The fourth-order valence-corrected chi connectivity index (χ4v) is 2.61. The highest BCUT2D eigenvalue weighted by atomic mass is 32.2. The number of benzene rings is 2. The summed E-state index contributed by atoms with van der Waals surface area (Å²) in [6, 6.07) is 16.2. The van der Waals surface area contributed by atoms with Gasteiger partial charge >= 0.3 is 0 Å². The lowest BCUT2D eigenvalue weighted by Gasteiger charge is -2.06. The van der Waals surface area contributed by atoms with Gasteiger partial charge in [-0.3, -0.25) is 4.79 Å². The Morgan fingerprint density at radius 2 is 1.90 bits per heavy atom. The lowest BCUT2D eigenvalue weighted by atomic mass is 10.1. The van der Waals surface area contributed by atoms with Gasteiger partial charge in [-0.25, -0.2) is 0 Å². The Bertz CT molecular complexity index is 592. The van der Waals surface area contributed by atoms with Gasteiger partial charge in [-0.15, -0.1) is 11.8 Å². The Hall–Kier alpha value is -1.74. The zero-order valence-electron chi connectivity index (χ0n) is 12.6. The van der Waals surface area contributed by atoms with E-state index in [0.29, 0.717) is 6.54 Å². The molecular weight excluding hydrogens is 278 g/mol. The van der Waals surface area contributed by atoms with Crippen LogP contribution in [0.1, 0.15) is 27.9 Å². The van der Waals surface area contributed by atoms with E-state index in [1.54, 1.807) is 11.8 Å². The van der Waals surface area contributed by atoms with Gasteiger partial charge < -0.3 is 5.32 Å². The molecular formula is C18H21NOS. The van der Waals surface area contributed by atoms with E-state index in [1.165, 1.54) is 16.0 Å². The summed E-state index contributed by atoms with van der Waals surface area (Å²) in [5, 5.41) is 2.97. The first-order chi connectivity index (χ1) is 10.2. The van der Waals surface area contributed by atoms with Crippen molar-refractivity contribution in [3.8, 4) is 0 Å². The first-order valence-electron chi connectivity index (χ1n) is 7.17. The fourth-order valence-electron chi connectivity index (χ4n) is 2.13. The lowest BCUT2D eigenvalue weighted by molar-refractivity contribution is 0.0953. The molecule has 2 nitrogen and oxygen atoms in total. The Balaban J connectivity index is 1.76. The molecule has 2 aromatic rings. The topological polar surface area (TPSA) is 29.1 Å². The molecule has 0 atom stereocenters. The summed E-state index contributed by atoms with van der Waals surface area (Å²) in [4.78, 5) is 13.2. The molecule has 0 aromatic heterocycles. The van der Waals surface area contributed by atoms with E-state index < -0.39 is 0 Å². The molecule has 0 saturated carbocycles. The van der Waals surface area contributed by atoms with Gasteiger partial charge in [-0.05, 0) is 55.9 Å². The van der Waals surface area contributed by atoms with Crippen LogP contribution >= 0.6 is 11.8 Å². The molecule has 110 valence electrons. The molecule has 0 aliphatic rings. The number of aryl methyl sites for hydroxylation is 2. The van der Waals surface area contributed by atoms with Crippen LogP contribution in [0.2, 0.25) is 0 Å². The van der Waals surface area contributed by atoms with E-state index in [1.807, 2.05) is 31.2 Å². The molecule has 21 heavy (non-hydrogen) atoms. The number of rotatable bonds is 6. The number of amides is 1. The number of hydrogen-bond donors (Lipinski definition) is 1. The van der Waals surface area contributed by atoms with E-state index in [2.05, 4.69) is 35.8 Å². The Morgan fingerprint density at radius 3 is 2.62 bits per heavy atom. The summed E-state index contributed by atoms with van der Waals surface area (Å²) >= 11 is 1.76. The van der Waals surface area contributed by atoms with Gasteiger partial charge in [-0.2, -0.15) is 0 Å². The minimum atomic E-state index is 0.00728. The molecule has 0 spiro atoms. The second-order valence-electron chi connectivity index (χ2n) is 5.08. The summed E-state index contributed by atoms with van der Waals surface area (Å²) in [6.45, 7) is 2.72. The van der Waals surface area contributed by atoms with Gasteiger partial charge in [-0.1, -0.05) is 29.8 Å². The predicted molar refractivity (Wildman–Crippen MR) is 90.1 cm³/mol. The van der Waals surface area contributed by atoms with Crippen molar-refractivity contribution in [2.45, 2.75) is 24.7 Å². The van der Waals surface area contributed by atoms with Gasteiger partial charge in [0.25, 0.3) is 5.91 Å². The molecule has 0 aliphatic heterocycles. The van der Waals surface area contributed by atoms with Gasteiger partial charge in [0.15, 0.2) is 0 Å². The molecule has 0 unspecified atom stereocenters. The summed E-state index contributed by atoms with van der Waals surface area (Å²) in [6.07, 6.45) is 4.03. The van der Waals surface area contributed by atoms with Crippen LogP contribution in [0.15, 0.2) is 53.4 Å². The Morgan fingerprint density at radius 1 is 1.14 bits per heavy atom. The SMILES string of the molecule is CSc1cccc(CCCNC(=O)c2ccc(C)cc2)c1. The second-order valence-corrected chi connectivity index (χ2v) is 5.96. The highest BCUT2D eigenvalue weighted by Crippen LogP contribution is 2.16. The monoisotopic (exact) mass is 299 g/mol. The van der Waals surface area contributed by atoms with Gasteiger partial charge in [0.1, 0.15) is 0 Å². The summed E-state index contributed by atoms with van der Waals surface area (Å²) in [5.74, 6) is 0.00728. The average Bonchev–Trinajstić information content (AvgIpc) is 2.52. The Labute approximate surface area is 131 Å². The van der Waals surface area contributed by atoms with Gasteiger partial charge in [0.05, 0.1) is 0 Å². The van der Waals surface area contributed by atoms with Crippen molar-refractivity contribution in [3.05, 3.63) is 65.2 Å². The van der Waals surface area contributed by atoms with E-state index in [4.69, 9.17) is 0 Å². The minimum absolute atomic E-state index is 0.00728. The summed E-state index contributed by atoms with van der Waals surface area (Å²) in [7, 11) is 0. The van der Waals surface area contributed by atoms with Crippen LogP contribution < -0.4 is 5.32 Å². The molecule has 0 aliphatic carbocycles. The molecule has 1 amide bonds. The maximum atomic E-state index is 12.0. The molecule has 0 bridgehead atoms. The standard InChI is InChI=1S/C18H21NOS/c1-14-8-10-16(11-9-14)18(20)19-12-4-6-15-5-3-7-17(13-15)21-2/h3,5,7-11,13H,4,6,12H2,1-2H3,(H,19,20). The van der Waals surface area contributed by atoms with Crippen LogP contribution in [-0.2, 0) is 6.42 Å². The number of thioether (sulfide) groups is 1. The maximum Gasteiger partial charge on any atom is 0.251 e. The van der Waals surface area contributed by atoms with Crippen LogP contribution in [0.4, 0.5) is 0 Å². The van der Waals surface area contributed by atoms with Crippen molar-refractivity contribution < 1.29 is 4.79 Å². The van der Waals surface area contributed by atoms with Gasteiger partial charge in [0, 0.05) is 17.0 Å². The molecule has 2 aromatic carbocycles. The summed E-state index contributed by atoms with van der Waals surface area (Å²) < 4.78 is 0. The third-order valence-electron chi connectivity index (χ3n) is 3.38. The lowest BCUT2D eigenvalue weighted by Crippen LogP contribution is -2.24. The number of nitrogens with one attached hydrogen (secondary N) is 1. The minimum Gasteiger partial charge on any atom is -0.352 e. The van der Waals surface area contributed by atoms with Crippen molar-refractivity contribution in [3.63, 3.8) is 0 Å². The van der Waals surface area contributed by atoms with Crippen molar-refractivity contribution >= 4 is 17.7 Å². The van der Waals surface area contributed by atoms with Crippen LogP contribution in [0.5, 0.6) is 0 Å².